The highest BCUT2D eigenvalue weighted by atomic mass is 79.9. The molecule has 3 aromatic rings. The van der Waals surface area contributed by atoms with Gasteiger partial charge in [-0.05, 0) is 54.5 Å². The molecule has 0 aliphatic carbocycles. The summed E-state index contributed by atoms with van der Waals surface area (Å²) in [6.07, 6.45) is 1.82. The molecule has 1 N–H and O–H groups in total. The SMILES string of the molecule is CC(C)CN1C(=S)N[C@H](c2ccccn2)[C@H]1c1ccc(-c2ccc(Br)cc2)o1. The molecule has 1 aliphatic heterocycles. The Morgan fingerprint density at radius 1 is 1.14 bits per heavy atom. The van der Waals surface area contributed by atoms with E-state index in [2.05, 4.69) is 51.0 Å². The minimum absolute atomic E-state index is 0.0333. The lowest BCUT2D eigenvalue weighted by Gasteiger charge is -2.27. The Hall–Kier alpha value is -2.18. The average molecular weight is 456 g/mol. The summed E-state index contributed by atoms with van der Waals surface area (Å²) >= 11 is 9.15. The number of nitrogens with zero attached hydrogens (tertiary/aromatic N) is 2. The first-order valence-electron chi connectivity index (χ1n) is 9.36. The summed E-state index contributed by atoms with van der Waals surface area (Å²) in [5.74, 6) is 2.22. The van der Waals surface area contributed by atoms with Crippen molar-refractivity contribution in [1.82, 2.24) is 15.2 Å². The van der Waals surface area contributed by atoms with Crippen LogP contribution in [0.4, 0.5) is 0 Å². The van der Waals surface area contributed by atoms with Gasteiger partial charge in [0.05, 0.1) is 11.7 Å². The lowest BCUT2D eigenvalue weighted by Crippen LogP contribution is -2.32. The van der Waals surface area contributed by atoms with Crippen molar-refractivity contribution in [2.75, 3.05) is 6.54 Å². The van der Waals surface area contributed by atoms with Crippen LogP contribution < -0.4 is 5.32 Å². The van der Waals surface area contributed by atoms with Crippen LogP contribution in [0.1, 0.15) is 37.4 Å². The molecule has 28 heavy (non-hydrogen) atoms. The smallest absolute Gasteiger partial charge is 0.170 e. The molecular formula is C22H22BrN3OS. The lowest BCUT2D eigenvalue weighted by atomic mass is 10.0. The number of benzene rings is 1. The summed E-state index contributed by atoms with van der Waals surface area (Å²) in [6, 6.07) is 18.1. The highest BCUT2D eigenvalue weighted by Crippen LogP contribution is 2.40. The summed E-state index contributed by atoms with van der Waals surface area (Å²) in [5.41, 5.74) is 2.01. The normalized spacial score (nSPS) is 19.3. The Kier molecular flexibility index (Phi) is 5.51. The Labute approximate surface area is 179 Å². The van der Waals surface area contributed by atoms with E-state index in [1.165, 1.54) is 0 Å². The number of pyridine rings is 1. The quantitative estimate of drug-likeness (QED) is 0.497. The van der Waals surface area contributed by atoms with E-state index >= 15 is 0 Å². The van der Waals surface area contributed by atoms with Gasteiger partial charge in [-0.25, -0.2) is 0 Å². The van der Waals surface area contributed by atoms with Crippen LogP contribution in [-0.4, -0.2) is 21.5 Å². The second-order valence-corrected chi connectivity index (χ2v) is 8.68. The first-order valence-corrected chi connectivity index (χ1v) is 10.6. The highest BCUT2D eigenvalue weighted by molar-refractivity contribution is 9.10. The lowest BCUT2D eigenvalue weighted by molar-refractivity contribution is 0.253. The molecule has 0 radical (unpaired) electrons. The van der Waals surface area contributed by atoms with Crippen LogP contribution in [0, 0.1) is 5.92 Å². The zero-order valence-electron chi connectivity index (χ0n) is 15.8. The molecule has 144 valence electrons. The molecule has 0 amide bonds. The molecule has 1 aliphatic rings. The summed E-state index contributed by atoms with van der Waals surface area (Å²) in [4.78, 5) is 6.79. The van der Waals surface area contributed by atoms with Crippen molar-refractivity contribution in [2.45, 2.75) is 25.9 Å². The van der Waals surface area contributed by atoms with Gasteiger partial charge < -0.3 is 14.6 Å². The molecule has 3 heterocycles. The molecule has 1 saturated heterocycles. The first-order chi connectivity index (χ1) is 13.5. The molecule has 4 rings (SSSR count). The van der Waals surface area contributed by atoms with Crippen molar-refractivity contribution in [3.05, 3.63) is 76.7 Å². The van der Waals surface area contributed by atoms with Crippen molar-refractivity contribution in [1.29, 1.82) is 0 Å². The molecule has 1 fully saturated rings. The van der Waals surface area contributed by atoms with E-state index in [0.29, 0.717) is 5.92 Å². The largest absolute Gasteiger partial charge is 0.459 e. The average Bonchev–Trinajstić information content (AvgIpc) is 3.28. The fourth-order valence-electron chi connectivity index (χ4n) is 3.59. The van der Waals surface area contributed by atoms with Crippen LogP contribution in [0.2, 0.25) is 0 Å². The molecular weight excluding hydrogens is 434 g/mol. The summed E-state index contributed by atoms with van der Waals surface area (Å²) in [6.45, 7) is 5.25. The van der Waals surface area contributed by atoms with Crippen molar-refractivity contribution in [3.8, 4) is 11.3 Å². The molecule has 2 atom stereocenters. The van der Waals surface area contributed by atoms with Crippen molar-refractivity contribution >= 4 is 33.3 Å². The summed E-state index contributed by atoms with van der Waals surface area (Å²) < 4.78 is 7.37. The molecule has 1 aromatic carbocycles. The minimum atomic E-state index is -0.0450. The fraction of sp³-hybridized carbons (Fsp3) is 0.273. The Bertz CT molecular complexity index is 955. The van der Waals surface area contributed by atoms with E-state index in [-0.39, 0.29) is 12.1 Å². The van der Waals surface area contributed by atoms with E-state index in [1.807, 2.05) is 54.7 Å². The number of hydrogen-bond acceptors (Lipinski definition) is 3. The second kappa shape index (κ2) is 8.05. The molecule has 0 bridgehead atoms. The maximum absolute atomic E-state index is 6.32. The first kappa shape index (κ1) is 19.2. The predicted octanol–water partition coefficient (Wildman–Crippen LogP) is 5.73. The molecule has 0 unspecified atom stereocenters. The molecule has 0 spiro atoms. The maximum Gasteiger partial charge on any atom is 0.170 e. The Balaban J connectivity index is 1.72. The van der Waals surface area contributed by atoms with Gasteiger partial charge in [-0.2, -0.15) is 0 Å². The Morgan fingerprint density at radius 3 is 2.61 bits per heavy atom. The van der Waals surface area contributed by atoms with E-state index < -0.39 is 0 Å². The van der Waals surface area contributed by atoms with Gasteiger partial charge in [0.25, 0.3) is 0 Å². The van der Waals surface area contributed by atoms with Crippen molar-refractivity contribution in [3.63, 3.8) is 0 Å². The summed E-state index contributed by atoms with van der Waals surface area (Å²) in [5, 5.41) is 4.21. The standard InChI is InChI=1S/C22H22BrN3OS/c1-14(2)13-26-21(20(25-22(26)28)17-5-3-4-12-24-17)19-11-10-18(27-19)15-6-8-16(23)9-7-15/h3-12,14,20-21H,13H2,1-2H3,(H,25,28)/t20-,21-/m1/s1. The van der Waals surface area contributed by atoms with Gasteiger partial charge in [-0.1, -0.05) is 48.0 Å². The monoisotopic (exact) mass is 455 g/mol. The van der Waals surface area contributed by atoms with Crippen LogP contribution in [-0.2, 0) is 0 Å². The number of aromatic nitrogens is 1. The van der Waals surface area contributed by atoms with Gasteiger partial charge in [0.1, 0.15) is 17.6 Å². The molecule has 2 aromatic heterocycles. The second-order valence-electron chi connectivity index (χ2n) is 7.38. The van der Waals surface area contributed by atoms with Gasteiger partial charge >= 0.3 is 0 Å². The summed E-state index contributed by atoms with van der Waals surface area (Å²) in [7, 11) is 0. The van der Waals surface area contributed by atoms with E-state index in [9.17, 15) is 0 Å². The topological polar surface area (TPSA) is 41.3 Å². The minimum Gasteiger partial charge on any atom is -0.459 e. The fourth-order valence-corrected chi connectivity index (χ4v) is 4.16. The van der Waals surface area contributed by atoms with E-state index in [0.717, 1.165) is 38.9 Å². The zero-order valence-corrected chi connectivity index (χ0v) is 18.2. The van der Waals surface area contributed by atoms with Gasteiger partial charge in [0, 0.05) is 22.8 Å². The molecule has 0 saturated carbocycles. The third-order valence-electron chi connectivity index (χ3n) is 4.81. The van der Waals surface area contributed by atoms with Gasteiger partial charge in [-0.3, -0.25) is 4.98 Å². The number of halogens is 1. The van der Waals surface area contributed by atoms with Crippen molar-refractivity contribution < 1.29 is 4.42 Å². The molecule has 6 heteroatoms. The van der Waals surface area contributed by atoms with Crippen LogP contribution in [0.25, 0.3) is 11.3 Å². The third-order valence-corrected chi connectivity index (χ3v) is 5.69. The van der Waals surface area contributed by atoms with Crippen LogP contribution in [0.5, 0.6) is 0 Å². The van der Waals surface area contributed by atoms with Gasteiger partial charge in [0.15, 0.2) is 5.11 Å². The van der Waals surface area contributed by atoms with Crippen molar-refractivity contribution in [2.24, 2.45) is 5.92 Å². The number of thiocarbonyl (C=S) groups is 1. The van der Waals surface area contributed by atoms with Gasteiger partial charge in [-0.15, -0.1) is 0 Å². The number of nitrogens with one attached hydrogen (secondary N) is 1. The van der Waals surface area contributed by atoms with E-state index in [4.69, 9.17) is 16.6 Å². The van der Waals surface area contributed by atoms with Gasteiger partial charge in [0.2, 0.25) is 0 Å². The molecule has 4 nitrogen and oxygen atoms in total. The van der Waals surface area contributed by atoms with Crippen LogP contribution in [0.15, 0.2) is 69.7 Å². The zero-order chi connectivity index (χ0) is 19.7. The maximum atomic E-state index is 6.32. The number of rotatable bonds is 5. The Morgan fingerprint density at radius 2 is 1.93 bits per heavy atom. The van der Waals surface area contributed by atoms with Crippen LogP contribution in [0.3, 0.4) is 0 Å². The predicted molar refractivity (Wildman–Crippen MR) is 119 cm³/mol. The van der Waals surface area contributed by atoms with Crippen LogP contribution >= 0.6 is 28.1 Å². The number of hydrogen-bond donors (Lipinski definition) is 1. The third kappa shape index (κ3) is 3.84. The highest BCUT2D eigenvalue weighted by Gasteiger charge is 2.41. The number of furan rings is 1. The van der Waals surface area contributed by atoms with E-state index in [1.54, 1.807) is 0 Å².